The molecule has 1 aromatic rings. The van der Waals surface area contributed by atoms with Gasteiger partial charge in [-0.15, -0.1) is 0 Å². The number of hydrogen-bond acceptors (Lipinski definition) is 11. The van der Waals surface area contributed by atoms with Crippen LogP contribution in [0.4, 0.5) is 4.79 Å². The number of aliphatic hydroxyl groups is 5. The van der Waals surface area contributed by atoms with E-state index in [1.54, 1.807) is 0 Å². The first-order valence-corrected chi connectivity index (χ1v) is 10.9. The summed E-state index contributed by atoms with van der Waals surface area (Å²) in [5.74, 6) is -9.67. The van der Waals surface area contributed by atoms with Crippen LogP contribution < -0.4 is 17.2 Å². The summed E-state index contributed by atoms with van der Waals surface area (Å²) < 4.78 is 0. The molecule has 0 radical (unpaired) electrons. The van der Waals surface area contributed by atoms with Gasteiger partial charge in [0.1, 0.15) is 22.8 Å². The number of aromatic hydroxyl groups is 1. The maximum absolute atomic E-state index is 13.7. The van der Waals surface area contributed by atoms with Gasteiger partial charge >= 0.3 is 6.03 Å². The lowest BCUT2D eigenvalue weighted by Crippen LogP contribution is -2.71. The molecule has 4 rings (SSSR count). The van der Waals surface area contributed by atoms with Crippen LogP contribution in [0.1, 0.15) is 18.1 Å². The fourth-order valence-electron chi connectivity index (χ4n) is 5.60. The second-order valence-corrected chi connectivity index (χ2v) is 9.46. The van der Waals surface area contributed by atoms with Gasteiger partial charge in [0.05, 0.1) is 40.7 Å². The molecule has 0 bridgehead atoms. The third-order valence-corrected chi connectivity index (χ3v) is 7.03. The number of carbonyl (C=O) groups is 4. The number of rotatable bonds is 2. The molecular formula is C23H28N4O10. The maximum Gasteiger partial charge on any atom is 0.309 e. The van der Waals surface area contributed by atoms with E-state index < -0.39 is 87.1 Å². The molecule has 1 aromatic carbocycles. The Morgan fingerprint density at radius 2 is 1.57 bits per heavy atom. The number of urea groups is 1. The Hall–Kier alpha value is -3.98. The molecule has 0 aliphatic heterocycles. The highest BCUT2D eigenvalue weighted by molar-refractivity contribution is 6.24. The molecule has 3 amide bonds. The topological polar surface area (TPSA) is 271 Å². The minimum absolute atomic E-state index is 0.00664. The van der Waals surface area contributed by atoms with E-state index in [2.05, 4.69) is 11.5 Å². The van der Waals surface area contributed by atoms with Crippen LogP contribution in [0.25, 0.3) is 5.76 Å². The largest absolute Gasteiger partial charge is 0.508 e. The van der Waals surface area contributed by atoms with Gasteiger partial charge in [0.2, 0.25) is 5.78 Å². The van der Waals surface area contributed by atoms with Crippen molar-refractivity contribution in [2.75, 3.05) is 14.1 Å². The minimum atomic E-state index is -3.02. The number of aliphatic hydroxyl groups excluding tert-OH is 3. The summed E-state index contributed by atoms with van der Waals surface area (Å²) in [6.07, 6.45) is -1.87. The van der Waals surface area contributed by atoms with Crippen LogP contribution in [0.5, 0.6) is 5.75 Å². The van der Waals surface area contributed by atoms with Crippen molar-refractivity contribution in [3.8, 4) is 5.75 Å². The molecule has 200 valence electrons. The lowest BCUT2D eigenvalue weighted by atomic mass is 9.53. The van der Waals surface area contributed by atoms with Crippen LogP contribution in [-0.2, 0) is 20.0 Å². The van der Waals surface area contributed by atoms with Crippen LogP contribution >= 0.6 is 0 Å². The molecule has 0 spiro atoms. The summed E-state index contributed by atoms with van der Waals surface area (Å²) in [5, 5.41) is 66.3. The summed E-state index contributed by atoms with van der Waals surface area (Å²) in [5.41, 5.74) is 6.72. The predicted octanol–water partition coefficient (Wildman–Crippen LogP) is -2.38. The first kappa shape index (κ1) is 27.6. The number of hydrogen-bond donors (Lipinski definition) is 9. The molecule has 1 fully saturated rings. The highest BCUT2D eigenvalue weighted by Crippen LogP contribution is 2.57. The van der Waals surface area contributed by atoms with E-state index in [0.29, 0.717) is 0 Å². The Morgan fingerprint density at radius 1 is 1.03 bits per heavy atom. The van der Waals surface area contributed by atoms with Crippen molar-refractivity contribution in [1.82, 2.24) is 4.90 Å². The van der Waals surface area contributed by atoms with E-state index in [4.69, 9.17) is 10.5 Å². The van der Waals surface area contributed by atoms with Gasteiger partial charge in [0, 0.05) is 0 Å². The van der Waals surface area contributed by atoms with E-state index in [9.17, 15) is 45.0 Å². The molecule has 0 unspecified atom stereocenters. The Morgan fingerprint density at radius 3 is 2.05 bits per heavy atom. The van der Waals surface area contributed by atoms with Crippen molar-refractivity contribution in [3.63, 3.8) is 0 Å². The maximum atomic E-state index is 13.7. The Kier molecular flexibility index (Phi) is 6.60. The standard InChI is InChI=1S/C22H24N2O9.CH4N2O/c1-21(32)7-5-4-6-8(25)9(7)15(26)10-12(21)17(28)13-14(24(2)3)16(27)11(20(23)31)19(30)22(13,33)18(10)29;2-1(3)4/h4-6,12-14,17,25-26,28,30,32-33H,1-3H3,(H2,23,31);(H4,2,3,4)/t12-,13-,14+,17+,21-,22+;/m1./s1. The van der Waals surface area contributed by atoms with E-state index in [-0.39, 0.29) is 11.1 Å². The van der Waals surface area contributed by atoms with Gasteiger partial charge in [0.15, 0.2) is 11.4 Å². The van der Waals surface area contributed by atoms with Crippen LogP contribution in [0.3, 0.4) is 0 Å². The van der Waals surface area contributed by atoms with Gasteiger partial charge in [-0.05, 0) is 32.6 Å². The van der Waals surface area contributed by atoms with Gasteiger partial charge in [-0.1, -0.05) is 12.1 Å². The third-order valence-electron chi connectivity index (χ3n) is 7.03. The molecular weight excluding hydrogens is 492 g/mol. The second-order valence-electron chi connectivity index (χ2n) is 9.46. The smallest absolute Gasteiger partial charge is 0.309 e. The third kappa shape index (κ3) is 3.72. The van der Waals surface area contributed by atoms with E-state index in [0.717, 1.165) is 0 Å². The zero-order chi connectivity index (χ0) is 28.4. The van der Waals surface area contributed by atoms with Crippen molar-refractivity contribution < 1.29 is 49.8 Å². The zero-order valence-electron chi connectivity index (χ0n) is 20.0. The van der Waals surface area contributed by atoms with Gasteiger partial charge < -0.3 is 47.8 Å². The molecule has 0 heterocycles. The van der Waals surface area contributed by atoms with Crippen LogP contribution in [0.15, 0.2) is 35.1 Å². The zero-order valence-corrected chi connectivity index (χ0v) is 20.0. The number of carbonyl (C=O) groups excluding carboxylic acids is 4. The molecule has 0 saturated heterocycles. The average Bonchev–Trinajstić information content (AvgIpc) is 2.75. The van der Waals surface area contributed by atoms with Gasteiger partial charge in [-0.25, -0.2) is 4.79 Å². The number of phenolic OH excluding ortho intramolecular Hbond substituents is 1. The van der Waals surface area contributed by atoms with Gasteiger partial charge in [0.25, 0.3) is 5.91 Å². The molecule has 3 aliphatic rings. The number of ketones is 2. The van der Waals surface area contributed by atoms with Gasteiger partial charge in [-0.3, -0.25) is 19.3 Å². The second kappa shape index (κ2) is 8.85. The van der Waals surface area contributed by atoms with Crippen molar-refractivity contribution in [1.29, 1.82) is 0 Å². The number of amides is 3. The predicted molar refractivity (Wildman–Crippen MR) is 125 cm³/mol. The lowest BCUT2D eigenvalue weighted by molar-refractivity contribution is -0.181. The number of Topliss-reactive ketones (excluding diaryl/α,β-unsaturated/α-hetero) is 2. The Labute approximate surface area is 209 Å². The highest BCUT2D eigenvalue weighted by atomic mass is 16.4. The lowest BCUT2D eigenvalue weighted by Gasteiger charge is -2.55. The molecule has 3 aliphatic carbocycles. The Balaban J connectivity index is 0.000000886. The van der Waals surface area contributed by atoms with E-state index in [1.165, 1.54) is 44.1 Å². The fraction of sp³-hybridized carbons (Fsp3) is 0.391. The van der Waals surface area contributed by atoms with Crippen LogP contribution in [-0.4, -0.2) is 90.9 Å². The van der Waals surface area contributed by atoms with E-state index in [1.807, 2.05) is 0 Å². The summed E-state index contributed by atoms with van der Waals surface area (Å²) in [4.78, 5) is 48.9. The summed E-state index contributed by atoms with van der Waals surface area (Å²) in [6, 6.07) is 1.67. The fourth-order valence-corrected chi connectivity index (χ4v) is 5.60. The molecule has 14 heteroatoms. The van der Waals surface area contributed by atoms with Crippen molar-refractivity contribution in [2.45, 2.75) is 30.3 Å². The van der Waals surface area contributed by atoms with Crippen LogP contribution in [0.2, 0.25) is 0 Å². The normalized spacial score (nSPS) is 32.7. The number of nitrogens with zero attached hydrogens (tertiary/aromatic N) is 1. The van der Waals surface area contributed by atoms with Crippen LogP contribution in [0, 0.1) is 11.8 Å². The highest BCUT2D eigenvalue weighted by Gasteiger charge is 2.70. The molecule has 37 heavy (non-hydrogen) atoms. The first-order valence-electron chi connectivity index (χ1n) is 10.9. The van der Waals surface area contributed by atoms with Crippen molar-refractivity contribution in [2.24, 2.45) is 29.0 Å². The molecule has 1 saturated carbocycles. The summed E-state index contributed by atoms with van der Waals surface area (Å²) in [7, 11) is 2.80. The molecule has 14 nitrogen and oxygen atoms in total. The Bertz CT molecular complexity index is 1280. The minimum Gasteiger partial charge on any atom is -0.508 e. The quantitative estimate of drug-likeness (QED) is 0.186. The van der Waals surface area contributed by atoms with Crippen molar-refractivity contribution >= 4 is 29.3 Å². The SMILES string of the molecule is CN(C)[C@@H]1C(=O)C(C(N)=O)=C(O)[C@@]2(O)C(=O)C3=C(O)c4c(O)cccc4[C@@](C)(O)[C@H]3[C@H](O)[C@@H]12.NC(N)=O. The molecule has 6 atom stereocenters. The number of phenols is 1. The first-order chi connectivity index (χ1) is 16.9. The monoisotopic (exact) mass is 520 g/mol. The molecule has 12 N–H and O–H groups in total. The average molecular weight is 520 g/mol. The number of primary amides is 3. The number of nitrogens with two attached hydrogens (primary N) is 3. The number of benzene rings is 1. The van der Waals surface area contributed by atoms with Crippen molar-refractivity contribution in [3.05, 3.63) is 46.2 Å². The number of likely N-dealkylation sites (N-methyl/N-ethyl adjacent to an activating group) is 1. The number of fused-ring (bicyclic) bond motifs is 3. The van der Waals surface area contributed by atoms with Gasteiger partial charge in [-0.2, -0.15) is 0 Å². The summed E-state index contributed by atoms with van der Waals surface area (Å²) >= 11 is 0. The summed E-state index contributed by atoms with van der Waals surface area (Å²) in [6.45, 7) is 1.25. The van der Waals surface area contributed by atoms with E-state index >= 15 is 0 Å². The molecule has 0 aromatic heterocycles.